The molecule has 0 bridgehead atoms. The van der Waals surface area contributed by atoms with E-state index in [-0.39, 0.29) is 6.61 Å². The molecule has 2 rings (SSSR count). The van der Waals surface area contributed by atoms with E-state index in [1.54, 1.807) is 0 Å². The van der Waals surface area contributed by atoms with E-state index in [9.17, 15) is 4.79 Å². The van der Waals surface area contributed by atoms with Gasteiger partial charge in [0.05, 0.1) is 0 Å². The summed E-state index contributed by atoms with van der Waals surface area (Å²) >= 11 is 5.86. The first-order chi connectivity index (χ1) is 11.3. The van der Waals surface area contributed by atoms with Crippen LogP contribution in [0.2, 0.25) is 0 Å². The Morgan fingerprint density at radius 1 is 1.09 bits per heavy atom. The molecule has 2 aromatic carbocycles. The molecule has 2 aromatic rings. The lowest BCUT2D eigenvalue weighted by molar-refractivity contribution is 0.140. The molecule has 0 saturated carbocycles. The van der Waals surface area contributed by atoms with Gasteiger partial charge in [0, 0.05) is 24.4 Å². The van der Waals surface area contributed by atoms with Crippen LogP contribution in [-0.2, 0) is 17.2 Å². The van der Waals surface area contributed by atoms with Crippen LogP contribution in [0.4, 0.5) is 4.79 Å². The van der Waals surface area contributed by atoms with Gasteiger partial charge >= 0.3 is 6.09 Å². The minimum atomic E-state index is -0.434. The average molecular weight is 328 g/mol. The summed E-state index contributed by atoms with van der Waals surface area (Å²) in [5.74, 6) is 6.54. The number of hydrogen-bond acceptors (Lipinski definition) is 2. The van der Waals surface area contributed by atoms with Crippen LogP contribution < -0.4 is 5.32 Å². The maximum absolute atomic E-state index is 11.6. The van der Waals surface area contributed by atoms with E-state index < -0.39 is 6.09 Å². The van der Waals surface area contributed by atoms with Crippen molar-refractivity contribution in [2.45, 2.75) is 18.9 Å². The van der Waals surface area contributed by atoms with Crippen molar-refractivity contribution in [3.05, 3.63) is 71.3 Å². The molecular weight excluding hydrogens is 310 g/mol. The summed E-state index contributed by atoms with van der Waals surface area (Å²) < 4.78 is 5.11. The van der Waals surface area contributed by atoms with Gasteiger partial charge in [-0.25, -0.2) is 4.79 Å². The zero-order valence-corrected chi connectivity index (χ0v) is 13.5. The van der Waals surface area contributed by atoms with Gasteiger partial charge in [-0.15, -0.1) is 11.6 Å². The molecule has 0 aliphatic rings. The lowest BCUT2D eigenvalue weighted by Gasteiger charge is -2.05. The molecule has 0 radical (unpaired) electrons. The molecule has 0 saturated heterocycles. The topological polar surface area (TPSA) is 38.3 Å². The summed E-state index contributed by atoms with van der Waals surface area (Å²) in [6, 6.07) is 17.3. The number of alkyl carbamates (subject to hydrolysis) is 1. The first-order valence-corrected chi connectivity index (χ1v) is 7.90. The van der Waals surface area contributed by atoms with Gasteiger partial charge in [-0.05, 0) is 17.2 Å². The number of rotatable bonds is 5. The molecule has 3 nitrogen and oxygen atoms in total. The Bertz CT molecular complexity index is 689. The fourth-order valence-corrected chi connectivity index (χ4v) is 2.15. The number of hydrogen-bond donors (Lipinski definition) is 1. The minimum absolute atomic E-state index is 0.265. The normalized spacial score (nSPS) is 9.61. The Morgan fingerprint density at radius 3 is 2.61 bits per heavy atom. The molecule has 4 heteroatoms. The van der Waals surface area contributed by atoms with Crippen LogP contribution in [0.3, 0.4) is 0 Å². The predicted molar refractivity (Wildman–Crippen MR) is 92.1 cm³/mol. The summed E-state index contributed by atoms with van der Waals surface area (Å²) in [6.45, 7) is 0.713. The van der Waals surface area contributed by atoms with Gasteiger partial charge in [-0.1, -0.05) is 60.4 Å². The highest BCUT2D eigenvalue weighted by atomic mass is 35.5. The Balaban J connectivity index is 1.69. The first-order valence-electron chi connectivity index (χ1n) is 7.37. The number of alkyl halides is 1. The molecule has 0 aromatic heterocycles. The van der Waals surface area contributed by atoms with Crippen molar-refractivity contribution in [1.29, 1.82) is 0 Å². The maximum Gasteiger partial charge on any atom is 0.407 e. The third-order valence-electron chi connectivity index (χ3n) is 3.12. The van der Waals surface area contributed by atoms with E-state index in [4.69, 9.17) is 16.3 Å². The summed E-state index contributed by atoms with van der Waals surface area (Å²) in [5, 5.41) is 2.68. The van der Waals surface area contributed by atoms with E-state index >= 15 is 0 Å². The van der Waals surface area contributed by atoms with E-state index in [0.717, 1.165) is 16.7 Å². The van der Waals surface area contributed by atoms with Crippen LogP contribution in [-0.4, -0.2) is 12.6 Å². The van der Waals surface area contributed by atoms with Crippen molar-refractivity contribution in [3.8, 4) is 11.8 Å². The SMILES string of the molecule is O=C(NCCC#Cc1ccccc1CCl)OCc1ccccc1. The van der Waals surface area contributed by atoms with Gasteiger partial charge in [0.1, 0.15) is 6.61 Å². The fourth-order valence-electron chi connectivity index (χ4n) is 1.92. The van der Waals surface area contributed by atoms with Crippen LogP contribution in [0.25, 0.3) is 0 Å². The highest BCUT2D eigenvalue weighted by Gasteiger charge is 2.01. The van der Waals surface area contributed by atoms with E-state index in [1.165, 1.54) is 0 Å². The zero-order valence-electron chi connectivity index (χ0n) is 12.7. The highest BCUT2D eigenvalue weighted by molar-refractivity contribution is 6.17. The second kappa shape index (κ2) is 9.55. The van der Waals surface area contributed by atoms with Crippen LogP contribution in [0.5, 0.6) is 0 Å². The largest absolute Gasteiger partial charge is 0.445 e. The van der Waals surface area contributed by atoms with Crippen LogP contribution in [0, 0.1) is 11.8 Å². The summed E-state index contributed by atoms with van der Waals surface area (Å²) in [7, 11) is 0. The average Bonchev–Trinajstić information content (AvgIpc) is 2.61. The number of halogens is 1. The molecule has 1 amide bonds. The monoisotopic (exact) mass is 327 g/mol. The lowest BCUT2D eigenvalue weighted by Crippen LogP contribution is -2.24. The van der Waals surface area contributed by atoms with Crippen molar-refractivity contribution < 1.29 is 9.53 Å². The quantitative estimate of drug-likeness (QED) is 0.510. The number of nitrogens with one attached hydrogen (secondary N) is 1. The third kappa shape index (κ3) is 6.06. The van der Waals surface area contributed by atoms with Crippen molar-refractivity contribution in [3.63, 3.8) is 0 Å². The molecule has 0 spiro atoms. The molecule has 0 fully saturated rings. The van der Waals surface area contributed by atoms with Gasteiger partial charge in [-0.3, -0.25) is 0 Å². The van der Waals surface area contributed by atoms with Crippen molar-refractivity contribution in [1.82, 2.24) is 5.32 Å². The lowest BCUT2D eigenvalue weighted by atomic mass is 10.1. The summed E-state index contributed by atoms with van der Waals surface area (Å²) in [4.78, 5) is 11.6. The molecule has 0 unspecified atom stereocenters. The van der Waals surface area contributed by atoms with Gasteiger partial charge in [0.2, 0.25) is 0 Å². The summed E-state index contributed by atoms with van der Waals surface area (Å²) in [6.07, 6.45) is 0.119. The molecule has 0 heterocycles. The Kier molecular flexibility index (Phi) is 7.03. The number of carbonyl (C=O) groups excluding carboxylic acids is 1. The third-order valence-corrected chi connectivity index (χ3v) is 3.40. The molecule has 0 aliphatic heterocycles. The summed E-state index contributed by atoms with van der Waals surface area (Å²) in [5.41, 5.74) is 2.89. The van der Waals surface area contributed by atoms with Crippen LogP contribution in [0.15, 0.2) is 54.6 Å². The molecule has 23 heavy (non-hydrogen) atoms. The van der Waals surface area contributed by atoms with Crippen LogP contribution >= 0.6 is 11.6 Å². The predicted octanol–water partition coefficient (Wildman–Crippen LogP) is 4.09. The maximum atomic E-state index is 11.6. The van der Waals surface area contributed by atoms with Crippen molar-refractivity contribution in [2.75, 3.05) is 6.54 Å². The highest BCUT2D eigenvalue weighted by Crippen LogP contribution is 2.09. The standard InChI is InChI=1S/C19H18ClNO2/c20-14-18-12-5-4-10-17(18)11-6-7-13-21-19(22)23-15-16-8-2-1-3-9-16/h1-5,8-10,12H,7,13-15H2,(H,21,22). The van der Waals surface area contributed by atoms with E-state index in [2.05, 4.69) is 17.2 Å². The molecule has 0 aliphatic carbocycles. The number of carbonyl (C=O) groups is 1. The fraction of sp³-hybridized carbons (Fsp3) is 0.211. The van der Waals surface area contributed by atoms with Gasteiger partial charge < -0.3 is 10.1 Å². The Labute approximate surface area is 141 Å². The van der Waals surface area contributed by atoms with Gasteiger partial charge in [0.15, 0.2) is 0 Å². The Morgan fingerprint density at radius 2 is 1.83 bits per heavy atom. The smallest absolute Gasteiger partial charge is 0.407 e. The number of benzene rings is 2. The van der Waals surface area contributed by atoms with E-state index in [1.807, 2.05) is 54.6 Å². The van der Waals surface area contributed by atoms with Crippen molar-refractivity contribution >= 4 is 17.7 Å². The molecular formula is C19H18ClNO2. The molecule has 118 valence electrons. The van der Waals surface area contributed by atoms with Crippen molar-refractivity contribution in [2.24, 2.45) is 0 Å². The number of ether oxygens (including phenoxy) is 1. The van der Waals surface area contributed by atoms with E-state index in [0.29, 0.717) is 18.8 Å². The molecule has 1 N–H and O–H groups in total. The molecule has 0 atom stereocenters. The second-order valence-corrected chi connectivity index (χ2v) is 5.10. The Hall–Kier alpha value is -2.44. The second-order valence-electron chi connectivity index (χ2n) is 4.83. The minimum Gasteiger partial charge on any atom is -0.445 e. The zero-order chi connectivity index (χ0) is 16.3. The van der Waals surface area contributed by atoms with Gasteiger partial charge in [-0.2, -0.15) is 0 Å². The number of amides is 1. The van der Waals surface area contributed by atoms with Gasteiger partial charge in [0.25, 0.3) is 0 Å². The van der Waals surface area contributed by atoms with Crippen LogP contribution in [0.1, 0.15) is 23.1 Å². The first kappa shape index (κ1) is 16.9.